The quantitative estimate of drug-likeness (QED) is 0.636. The summed E-state index contributed by atoms with van der Waals surface area (Å²) in [5.74, 6) is -0.255. The number of carbonyl (C=O) groups excluding carboxylic acids is 1. The Bertz CT molecular complexity index is 1210. The average Bonchev–Trinajstić information content (AvgIpc) is 3.40. The molecule has 2 amide bonds. The number of fused-ring (bicyclic) bond motifs is 2. The molecule has 33 heavy (non-hydrogen) atoms. The maximum atomic E-state index is 15.3. The van der Waals surface area contributed by atoms with Crippen LogP contribution in [0.3, 0.4) is 0 Å². The van der Waals surface area contributed by atoms with Crippen LogP contribution < -0.4 is 15.5 Å². The van der Waals surface area contributed by atoms with Crippen molar-refractivity contribution in [3.63, 3.8) is 0 Å². The normalized spacial score (nSPS) is 25.1. The molecule has 6 rings (SSSR count). The highest BCUT2D eigenvalue weighted by atomic mass is 19.1. The third-order valence-electron chi connectivity index (χ3n) is 6.92. The molecule has 3 aromatic rings. The van der Waals surface area contributed by atoms with Gasteiger partial charge in [0.15, 0.2) is 11.5 Å². The summed E-state index contributed by atoms with van der Waals surface area (Å²) in [7, 11) is 0. The largest absolute Gasteiger partial charge is 0.378 e. The van der Waals surface area contributed by atoms with Gasteiger partial charge < -0.3 is 20.3 Å². The molecule has 0 bridgehead atoms. The molecule has 2 aliphatic heterocycles. The lowest BCUT2D eigenvalue weighted by Gasteiger charge is -2.31. The Balaban J connectivity index is 1.52. The summed E-state index contributed by atoms with van der Waals surface area (Å²) in [6.45, 7) is 2.44. The molecular formula is C23H24F2N6O2. The monoisotopic (exact) mass is 454 g/mol. The topological polar surface area (TPSA) is 83.8 Å². The summed E-state index contributed by atoms with van der Waals surface area (Å²) in [5, 5.41) is 5.94. The Morgan fingerprint density at radius 3 is 2.58 bits per heavy atom. The maximum absolute atomic E-state index is 15.3. The first kappa shape index (κ1) is 20.3. The Labute approximate surface area is 189 Å². The van der Waals surface area contributed by atoms with E-state index in [2.05, 4.69) is 20.5 Å². The smallest absolute Gasteiger partial charge is 0.315 e. The molecular weight excluding hydrogens is 430 g/mol. The summed E-state index contributed by atoms with van der Waals surface area (Å²) in [6.07, 6.45) is 3.47. The molecule has 2 aromatic heterocycles. The molecule has 1 saturated carbocycles. The number of amides is 2. The third-order valence-corrected chi connectivity index (χ3v) is 6.92. The van der Waals surface area contributed by atoms with Crippen LogP contribution in [-0.2, 0) is 4.74 Å². The van der Waals surface area contributed by atoms with E-state index in [4.69, 9.17) is 9.72 Å². The first-order valence-corrected chi connectivity index (χ1v) is 11.3. The molecule has 1 aliphatic carbocycles. The molecule has 3 atom stereocenters. The fraction of sp³-hybridized carbons (Fsp3) is 0.435. The van der Waals surface area contributed by atoms with Crippen LogP contribution in [0.5, 0.6) is 0 Å². The molecule has 3 aliphatic rings. The minimum atomic E-state index is -0.492. The van der Waals surface area contributed by atoms with Crippen molar-refractivity contribution in [1.82, 2.24) is 25.0 Å². The van der Waals surface area contributed by atoms with Gasteiger partial charge in [-0.3, -0.25) is 4.40 Å². The van der Waals surface area contributed by atoms with Crippen LogP contribution in [0.4, 0.5) is 19.4 Å². The number of carbonyl (C=O) groups is 1. The van der Waals surface area contributed by atoms with Crippen molar-refractivity contribution in [3.8, 4) is 11.3 Å². The molecule has 2 N–H and O–H groups in total. The highest BCUT2D eigenvalue weighted by Crippen LogP contribution is 2.41. The van der Waals surface area contributed by atoms with E-state index in [1.807, 2.05) is 0 Å². The van der Waals surface area contributed by atoms with Crippen LogP contribution in [0.15, 0.2) is 30.5 Å². The van der Waals surface area contributed by atoms with E-state index in [0.717, 1.165) is 24.1 Å². The standard InChI is InChI=1S/C23H24F2N6O2/c24-15-4-1-13(2-5-15)19-20(14-3-6-16-17(11-14)28-23(32)27-16)31-18(25)12-26-21(22(31)29-19)30-7-9-33-10-8-30/h1-2,4-5,12,14,16-17H,3,6-11H2,(H2,27,28,32). The number of rotatable bonds is 3. The van der Waals surface area contributed by atoms with E-state index in [-0.39, 0.29) is 29.8 Å². The number of nitrogens with zero attached hydrogens (tertiary/aromatic N) is 4. The van der Waals surface area contributed by atoms with E-state index in [1.165, 1.54) is 18.3 Å². The van der Waals surface area contributed by atoms with Crippen LogP contribution in [0.2, 0.25) is 0 Å². The number of nitrogens with one attached hydrogen (secondary N) is 2. The lowest BCUT2D eigenvalue weighted by atomic mass is 9.80. The van der Waals surface area contributed by atoms with Gasteiger partial charge in [0.2, 0.25) is 5.95 Å². The molecule has 2 saturated heterocycles. The molecule has 3 fully saturated rings. The number of morpholine rings is 1. The molecule has 172 valence electrons. The molecule has 0 spiro atoms. The van der Waals surface area contributed by atoms with E-state index in [1.54, 1.807) is 16.5 Å². The number of ether oxygens (including phenoxy) is 1. The first-order chi connectivity index (χ1) is 16.1. The third kappa shape index (κ3) is 3.49. The van der Waals surface area contributed by atoms with Gasteiger partial charge in [-0.1, -0.05) is 0 Å². The Morgan fingerprint density at radius 2 is 1.79 bits per heavy atom. The van der Waals surface area contributed by atoms with Gasteiger partial charge in [-0.25, -0.2) is 19.2 Å². The lowest BCUT2D eigenvalue weighted by molar-refractivity contribution is 0.122. The molecule has 8 nitrogen and oxygen atoms in total. The van der Waals surface area contributed by atoms with Gasteiger partial charge in [-0.2, -0.15) is 4.39 Å². The Morgan fingerprint density at radius 1 is 1.03 bits per heavy atom. The van der Waals surface area contributed by atoms with Crippen molar-refractivity contribution in [2.45, 2.75) is 37.3 Å². The second kappa shape index (κ2) is 7.95. The fourth-order valence-electron chi connectivity index (χ4n) is 5.35. The van der Waals surface area contributed by atoms with Crippen LogP contribution in [0.1, 0.15) is 30.9 Å². The summed E-state index contributed by atoms with van der Waals surface area (Å²) < 4.78 is 36.0. The molecule has 10 heteroatoms. The van der Waals surface area contributed by atoms with Crippen molar-refractivity contribution in [2.24, 2.45) is 0 Å². The lowest BCUT2D eigenvalue weighted by Crippen LogP contribution is -2.39. The van der Waals surface area contributed by atoms with Crippen molar-refractivity contribution < 1.29 is 18.3 Å². The predicted molar refractivity (Wildman–Crippen MR) is 117 cm³/mol. The number of imidazole rings is 1. The van der Waals surface area contributed by atoms with Gasteiger partial charge in [-0.15, -0.1) is 0 Å². The van der Waals surface area contributed by atoms with E-state index in [0.29, 0.717) is 49.9 Å². The van der Waals surface area contributed by atoms with Crippen LogP contribution >= 0.6 is 0 Å². The predicted octanol–water partition coefficient (Wildman–Crippen LogP) is 2.83. The number of halogens is 2. The number of hydrogen-bond acceptors (Lipinski definition) is 5. The van der Waals surface area contributed by atoms with Crippen molar-refractivity contribution >= 4 is 17.5 Å². The minimum absolute atomic E-state index is 0.0218. The highest BCUT2D eigenvalue weighted by molar-refractivity contribution is 5.78. The zero-order chi connectivity index (χ0) is 22.5. The average molecular weight is 454 g/mol. The zero-order valence-electron chi connectivity index (χ0n) is 17.9. The van der Waals surface area contributed by atoms with Crippen molar-refractivity contribution in [3.05, 3.63) is 47.9 Å². The van der Waals surface area contributed by atoms with Crippen LogP contribution in [-0.4, -0.2) is 58.8 Å². The number of benzene rings is 1. The fourth-order valence-corrected chi connectivity index (χ4v) is 5.35. The Kier molecular flexibility index (Phi) is 4.90. The number of hydrogen-bond donors (Lipinski definition) is 2. The number of anilines is 1. The van der Waals surface area contributed by atoms with Gasteiger partial charge in [0.25, 0.3) is 0 Å². The minimum Gasteiger partial charge on any atom is -0.378 e. The molecule has 4 heterocycles. The molecule has 0 radical (unpaired) electrons. The summed E-state index contributed by atoms with van der Waals surface area (Å²) in [5.41, 5.74) is 2.53. The van der Waals surface area contributed by atoms with E-state index < -0.39 is 5.95 Å². The maximum Gasteiger partial charge on any atom is 0.315 e. The van der Waals surface area contributed by atoms with E-state index in [9.17, 15) is 9.18 Å². The second-order valence-electron chi connectivity index (χ2n) is 8.86. The first-order valence-electron chi connectivity index (χ1n) is 11.3. The zero-order valence-corrected chi connectivity index (χ0v) is 17.9. The highest BCUT2D eigenvalue weighted by Gasteiger charge is 2.40. The van der Waals surface area contributed by atoms with Gasteiger partial charge in [0.05, 0.1) is 42.9 Å². The number of aromatic nitrogens is 3. The second-order valence-corrected chi connectivity index (χ2v) is 8.86. The van der Waals surface area contributed by atoms with Crippen molar-refractivity contribution in [2.75, 3.05) is 31.2 Å². The summed E-state index contributed by atoms with van der Waals surface area (Å²) >= 11 is 0. The van der Waals surface area contributed by atoms with Gasteiger partial charge >= 0.3 is 6.03 Å². The van der Waals surface area contributed by atoms with Gasteiger partial charge in [-0.05, 0) is 43.5 Å². The van der Waals surface area contributed by atoms with Crippen molar-refractivity contribution in [1.29, 1.82) is 0 Å². The Hall–Kier alpha value is -3.27. The van der Waals surface area contributed by atoms with Crippen LogP contribution in [0, 0.1) is 11.8 Å². The summed E-state index contributed by atoms with van der Waals surface area (Å²) in [4.78, 5) is 23.2. The SMILES string of the molecule is O=C1NC2CCC(c3c(-c4ccc(F)cc4)nc4c(N5CCOCC5)ncc(F)n34)CC2N1. The van der Waals surface area contributed by atoms with E-state index >= 15 is 4.39 Å². The van der Waals surface area contributed by atoms with Crippen LogP contribution in [0.25, 0.3) is 16.9 Å². The summed E-state index contributed by atoms with van der Waals surface area (Å²) in [6, 6.07) is 6.02. The number of urea groups is 1. The molecule has 3 unspecified atom stereocenters. The molecule has 1 aromatic carbocycles. The van der Waals surface area contributed by atoms with Gasteiger partial charge in [0.1, 0.15) is 5.82 Å². The van der Waals surface area contributed by atoms with Gasteiger partial charge in [0, 0.05) is 24.6 Å².